The molecule has 0 saturated carbocycles. The van der Waals surface area contributed by atoms with E-state index in [0.717, 1.165) is 16.7 Å². The zero-order valence-corrected chi connectivity index (χ0v) is 16.7. The molecule has 0 unspecified atom stereocenters. The molecule has 1 aromatic heterocycles. The highest BCUT2D eigenvalue weighted by atomic mass is 35.5. The summed E-state index contributed by atoms with van der Waals surface area (Å²) >= 11 is 0. The Morgan fingerprint density at radius 2 is 1.66 bits per heavy atom. The predicted octanol–water partition coefficient (Wildman–Crippen LogP) is 0.999. The van der Waals surface area contributed by atoms with Crippen molar-refractivity contribution in [2.45, 2.75) is 13.5 Å². The third-order valence-electron chi connectivity index (χ3n) is 4.23. The topological polar surface area (TPSA) is 70.6 Å². The maximum absolute atomic E-state index is 10.9. The minimum absolute atomic E-state index is 0. The van der Waals surface area contributed by atoms with E-state index in [4.69, 9.17) is 9.84 Å². The van der Waals surface area contributed by atoms with Crippen LogP contribution in [-0.2, 0) is 6.54 Å². The number of halogens is 1. The smallest absolute Gasteiger partial charge is 0.335 e. The number of carbonyl (C=O) groups is 1. The Bertz CT molecular complexity index is 983. The third-order valence-corrected chi connectivity index (χ3v) is 4.23. The summed E-state index contributed by atoms with van der Waals surface area (Å²) < 4.78 is 7.43. The van der Waals surface area contributed by atoms with Gasteiger partial charge in [0, 0.05) is 17.7 Å². The number of pyridine rings is 1. The van der Waals surface area contributed by atoms with Gasteiger partial charge >= 0.3 is 5.97 Å². The van der Waals surface area contributed by atoms with Crippen LogP contribution in [0.3, 0.4) is 0 Å². The van der Waals surface area contributed by atoms with Crippen LogP contribution in [0.5, 0.6) is 11.5 Å². The van der Waals surface area contributed by atoms with Gasteiger partial charge < -0.3 is 27.4 Å². The van der Waals surface area contributed by atoms with E-state index in [1.54, 1.807) is 24.3 Å². The minimum atomic E-state index is -0.919. The lowest BCUT2D eigenvalue weighted by Gasteiger charge is -2.06. The van der Waals surface area contributed by atoms with Crippen molar-refractivity contribution in [1.82, 2.24) is 0 Å². The average Bonchev–Trinajstić information content (AvgIpc) is 2.70. The van der Waals surface area contributed by atoms with Crippen molar-refractivity contribution in [3.63, 3.8) is 0 Å². The number of benzene rings is 2. The first-order valence-corrected chi connectivity index (χ1v) is 9.00. The third kappa shape index (κ3) is 6.09. The van der Waals surface area contributed by atoms with Crippen LogP contribution in [0.4, 0.5) is 0 Å². The van der Waals surface area contributed by atoms with Crippen LogP contribution in [0.15, 0.2) is 67.0 Å². The van der Waals surface area contributed by atoms with E-state index in [9.17, 15) is 9.90 Å². The summed E-state index contributed by atoms with van der Waals surface area (Å²) in [5.74, 6) is -0.307. The van der Waals surface area contributed by atoms with Gasteiger partial charge in [-0.1, -0.05) is 30.4 Å². The first-order valence-electron chi connectivity index (χ1n) is 9.00. The SMILES string of the molecule is CCOc1cc(/C=C\c2cc[n+](Cc3ccc(C(=O)O)cc3)cc2)ccc1O.[Cl-]. The first kappa shape index (κ1) is 22.0. The monoisotopic (exact) mass is 411 g/mol. The molecule has 3 rings (SSSR count). The number of ether oxygens (including phenoxy) is 1. The second kappa shape index (κ2) is 10.3. The standard InChI is InChI=1S/C23H21NO4.ClH/c1-2-28-22-15-18(7-10-21(22)25)4-3-17-11-13-24(14-12-17)16-19-5-8-20(9-6-19)23(26)27;/h3-15H,2,16H2,1H3,(H,26,27);1H. The van der Waals surface area contributed by atoms with Crippen LogP contribution in [0.25, 0.3) is 12.2 Å². The van der Waals surface area contributed by atoms with Gasteiger partial charge in [-0.15, -0.1) is 0 Å². The molecule has 0 bridgehead atoms. The van der Waals surface area contributed by atoms with Crippen molar-refractivity contribution in [2.24, 2.45) is 0 Å². The highest BCUT2D eigenvalue weighted by Gasteiger charge is 2.06. The van der Waals surface area contributed by atoms with E-state index in [1.807, 2.05) is 66.4 Å². The Labute approximate surface area is 175 Å². The summed E-state index contributed by atoms with van der Waals surface area (Å²) in [5, 5.41) is 18.7. The van der Waals surface area contributed by atoms with Crippen LogP contribution in [0.1, 0.15) is 34.0 Å². The highest BCUT2D eigenvalue weighted by molar-refractivity contribution is 5.87. The van der Waals surface area contributed by atoms with Crippen LogP contribution >= 0.6 is 0 Å². The molecular formula is C23H22ClNO4. The zero-order chi connectivity index (χ0) is 19.9. The fourth-order valence-corrected chi connectivity index (χ4v) is 2.75. The van der Waals surface area contributed by atoms with Gasteiger partial charge in [-0.25, -0.2) is 9.36 Å². The lowest BCUT2D eigenvalue weighted by Crippen LogP contribution is -3.00. The summed E-state index contributed by atoms with van der Waals surface area (Å²) in [6, 6.07) is 16.2. The molecule has 3 aromatic rings. The van der Waals surface area contributed by atoms with Crippen LogP contribution in [0.2, 0.25) is 0 Å². The number of rotatable bonds is 7. The molecule has 0 saturated heterocycles. The molecule has 1 heterocycles. The Hall–Kier alpha value is -3.31. The van der Waals surface area contributed by atoms with Gasteiger partial charge in [0.2, 0.25) is 0 Å². The van der Waals surface area contributed by atoms with Gasteiger partial charge in [-0.05, 0) is 42.3 Å². The Morgan fingerprint density at radius 3 is 2.28 bits per heavy atom. The molecule has 0 atom stereocenters. The fourth-order valence-electron chi connectivity index (χ4n) is 2.75. The number of nitrogens with zero attached hydrogens (tertiary/aromatic N) is 1. The van der Waals surface area contributed by atoms with E-state index >= 15 is 0 Å². The molecule has 0 fully saturated rings. The first-order chi connectivity index (χ1) is 13.5. The van der Waals surface area contributed by atoms with Gasteiger partial charge in [0.1, 0.15) is 0 Å². The van der Waals surface area contributed by atoms with Gasteiger partial charge in [0.05, 0.1) is 12.2 Å². The number of phenolic OH excluding ortho intramolecular Hbond substituents is 1. The molecule has 29 heavy (non-hydrogen) atoms. The average molecular weight is 412 g/mol. The largest absolute Gasteiger partial charge is 1.00 e. The summed E-state index contributed by atoms with van der Waals surface area (Å²) in [4.78, 5) is 10.9. The zero-order valence-electron chi connectivity index (χ0n) is 16.0. The Morgan fingerprint density at radius 1 is 1.00 bits per heavy atom. The molecule has 0 spiro atoms. The predicted molar refractivity (Wildman–Crippen MR) is 107 cm³/mol. The summed E-state index contributed by atoms with van der Waals surface area (Å²) in [5.41, 5.74) is 3.31. The van der Waals surface area contributed by atoms with Crippen LogP contribution in [-0.4, -0.2) is 22.8 Å². The second-order valence-electron chi connectivity index (χ2n) is 6.30. The molecule has 6 heteroatoms. The van der Waals surface area contributed by atoms with Crippen molar-refractivity contribution in [3.05, 3.63) is 89.2 Å². The van der Waals surface area contributed by atoms with Crippen molar-refractivity contribution in [1.29, 1.82) is 0 Å². The molecule has 2 aromatic carbocycles. The number of carboxylic acid groups (broad SMARTS) is 1. The lowest BCUT2D eigenvalue weighted by molar-refractivity contribution is -0.688. The quantitative estimate of drug-likeness (QED) is 0.569. The minimum Gasteiger partial charge on any atom is -1.00 e. The number of phenols is 1. The Balaban J connectivity index is 0.00000300. The molecule has 0 amide bonds. The second-order valence-corrected chi connectivity index (χ2v) is 6.30. The number of aromatic hydroxyl groups is 1. The molecule has 0 aliphatic heterocycles. The number of hydrogen-bond acceptors (Lipinski definition) is 3. The number of hydrogen-bond donors (Lipinski definition) is 2. The van der Waals surface area contributed by atoms with Crippen molar-refractivity contribution >= 4 is 18.1 Å². The molecule has 0 aliphatic carbocycles. The van der Waals surface area contributed by atoms with E-state index < -0.39 is 5.97 Å². The molecule has 0 aliphatic rings. The van der Waals surface area contributed by atoms with Crippen LogP contribution < -0.4 is 21.7 Å². The van der Waals surface area contributed by atoms with Gasteiger partial charge in [0.15, 0.2) is 30.4 Å². The molecule has 0 radical (unpaired) electrons. The summed E-state index contributed by atoms with van der Waals surface area (Å²) in [6.45, 7) is 3.04. The molecule has 2 N–H and O–H groups in total. The lowest BCUT2D eigenvalue weighted by atomic mass is 10.1. The van der Waals surface area contributed by atoms with E-state index in [1.165, 1.54) is 0 Å². The van der Waals surface area contributed by atoms with Crippen molar-refractivity contribution in [2.75, 3.05) is 6.61 Å². The van der Waals surface area contributed by atoms with Gasteiger partial charge in [-0.3, -0.25) is 0 Å². The maximum atomic E-state index is 10.9. The number of aromatic nitrogens is 1. The highest BCUT2D eigenvalue weighted by Crippen LogP contribution is 2.27. The van der Waals surface area contributed by atoms with Gasteiger partial charge in [0.25, 0.3) is 0 Å². The van der Waals surface area contributed by atoms with Crippen molar-refractivity contribution in [3.8, 4) is 11.5 Å². The summed E-state index contributed by atoms with van der Waals surface area (Å²) in [6.07, 6.45) is 7.92. The molecular weight excluding hydrogens is 390 g/mol. The maximum Gasteiger partial charge on any atom is 0.335 e. The number of carboxylic acids is 1. The fraction of sp³-hybridized carbons (Fsp3) is 0.130. The summed E-state index contributed by atoms with van der Waals surface area (Å²) in [7, 11) is 0. The van der Waals surface area contributed by atoms with E-state index in [0.29, 0.717) is 18.9 Å². The normalized spacial score (nSPS) is 10.5. The number of aromatic carboxylic acids is 1. The van der Waals surface area contributed by atoms with Gasteiger partial charge in [-0.2, -0.15) is 0 Å². The van der Waals surface area contributed by atoms with E-state index in [2.05, 4.69) is 0 Å². The van der Waals surface area contributed by atoms with Crippen LogP contribution in [0, 0.1) is 0 Å². The Kier molecular flexibility index (Phi) is 7.80. The molecule has 5 nitrogen and oxygen atoms in total. The molecule has 150 valence electrons. The van der Waals surface area contributed by atoms with E-state index in [-0.39, 0.29) is 23.7 Å². The van der Waals surface area contributed by atoms with Crippen molar-refractivity contribution < 1.29 is 36.7 Å².